The summed E-state index contributed by atoms with van der Waals surface area (Å²) in [5, 5.41) is 21.2. The Bertz CT molecular complexity index is 1290. The first-order chi connectivity index (χ1) is 15.5. The second-order valence-electron chi connectivity index (χ2n) is 7.77. The summed E-state index contributed by atoms with van der Waals surface area (Å²) in [6.45, 7) is 0. The quantitative estimate of drug-likeness (QED) is 0.310. The third-order valence-corrected chi connectivity index (χ3v) is 5.48. The van der Waals surface area contributed by atoms with Crippen LogP contribution in [0, 0.1) is 5.82 Å². The number of aromatic hydroxyl groups is 1. The maximum Gasteiger partial charge on any atom is 0.336 e. The Kier molecular flexibility index (Phi) is 6.31. The molecule has 4 heteroatoms. The van der Waals surface area contributed by atoms with Gasteiger partial charge in [0.1, 0.15) is 11.6 Å². The van der Waals surface area contributed by atoms with Crippen molar-refractivity contribution in [2.45, 2.75) is 19.3 Å². The fourth-order valence-corrected chi connectivity index (χ4v) is 3.79. The minimum absolute atomic E-state index is 0.241. The van der Waals surface area contributed by atoms with E-state index in [9.17, 15) is 19.4 Å². The van der Waals surface area contributed by atoms with Crippen molar-refractivity contribution >= 4 is 22.8 Å². The van der Waals surface area contributed by atoms with Crippen molar-refractivity contribution in [3.63, 3.8) is 0 Å². The molecule has 0 spiro atoms. The number of aromatic carboxylic acids is 1. The number of aryl methyl sites for hydroxylation is 1. The molecular weight excluding hydrogens is 403 g/mol. The van der Waals surface area contributed by atoms with Gasteiger partial charge in [-0.25, -0.2) is 9.18 Å². The van der Waals surface area contributed by atoms with Gasteiger partial charge in [0.25, 0.3) is 0 Å². The first kappa shape index (κ1) is 21.3. The number of carboxylic acids is 1. The summed E-state index contributed by atoms with van der Waals surface area (Å²) >= 11 is 0. The molecule has 0 amide bonds. The fraction of sp³-hybridized carbons (Fsp3) is 0.107. The first-order valence-electron chi connectivity index (χ1n) is 10.5. The average Bonchev–Trinajstić information content (AvgIpc) is 2.79. The normalized spacial score (nSPS) is 11.3. The number of phenolic OH excluding ortho intramolecular Hbond substituents is 1. The molecule has 0 heterocycles. The van der Waals surface area contributed by atoms with E-state index in [1.165, 1.54) is 17.7 Å². The number of carboxylic acid groups (broad SMARTS) is 1. The molecule has 0 unspecified atom stereocenters. The summed E-state index contributed by atoms with van der Waals surface area (Å²) in [6.07, 6.45) is 6.49. The largest absolute Gasteiger partial charge is 0.508 e. The van der Waals surface area contributed by atoms with E-state index in [2.05, 4.69) is 12.1 Å². The first-order valence-corrected chi connectivity index (χ1v) is 10.5. The van der Waals surface area contributed by atoms with Gasteiger partial charge in [-0.05, 0) is 88.7 Å². The van der Waals surface area contributed by atoms with Gasteiger partial charge in [0, 0.05) is 0 Å². The average molecular weight is 426 g/mol. The summed E-state index contributed by atoms with van der Waals surface area (Å²) in [6, 6.07) is 22.9. The highest BCUT2D eigenvalue weighted by molar-refractivity contribution is 5.93. The van der Waals surface area contributed by atoms with Crippen molar-refractivity contribution in [1.82, 2.24) is 0 Å². The third kappa shape index (κ3) is 5.03. The summed E-state index contributed by atoms with van der Waals surface area (Å²) in [5.74, 6) is -1.02. The number of carbonyl (C=O) groups is 1. The van der Waals surface area contributed by atoms with Crippen LogP contribution in [0.1, 0.15) is 34.3 Å². The molecule has 0 aromatic heterocycles. The summed E-state index contributed by atoms with van der Waals surface area (Å²) in [4.78, 5) is 11.6. The van der Waals surface area contributed by atoms with Gasteiger partial charge < -0.3 is 10.2 Å². The topological polar surface area (TPSA) is 57.5 Å². The molecule has 160 valence electrons. The van der Waals surface area contributed by atoms with E-state index < -0.39 is 5.97 Å². The van der Waals surface area contributed by atoms with Crippen LogP contribution < -0.4 is 0 Å². The van der Waals surface area contributed by atoms with E-state index in [4.69, 9.17) is 0 Å². The van der Waals surface area contributed by atoms with Crippen molar-refractivity contribution in [1.29, 1.82) is 0 Å². The van der Waals surface area contributed by atoms with Crippen molar-refractivity contribution < 1.29 is 19.4 Å². The van der Waals surface area contributed by atoms with Crippen molar-refractivity contribution in [2.75, 3.05) is 0 Å². The maximum atomic E-state index is 13.2. The highest BCUT2D eigenvalue weighted by atomic mass is 19.1. The van der Waals surface area contributed by atoms with E-state index in [1.54, 1.807) is 36.4 Å². The molecule has 4 rings (SSSR count). The molecule has 0 saturated carbocycles. The number of halogens is 1. The van der Waals surface area contributed by atoms with Crippen LogP contribution in [-0.2, 0) is 6.42 Å². The van der Waals surface area contributed by atoms with Gasteiger partial charge in [-0.15, -0.1) is 0 Å². The number of phenols is 1. The Labute approximate surface area is 186 Å². The van der Waals surface area contributed by atoms with Crippen molar-refractivity contribution in [2.24, 2.45) is 0 Å². The second kappa shape index (κ2) is 9.48. The maximum absolute atomic E-state index is 13.2. The van der Waals surface area contributed by atoms with Gasteiger partial charge in [-0.2, -0.15) is 0 Å². The Balaban J connectivity index is 1.44. The molecule has 0 aliphatic carbocycles. The molecule has 0 radical (unpaired) electrons. The number of fused-ring (bicyclic) bond motifs is 1. The van der Waals surface area contributed by atoms with Crippen molar-refractivity contribution in [3.05, 3.63) is 107 Å². The van der Waals surface area contributed by atoms with E-state index in [0.29, 0.717) is 5.56 Å². The SMILES string of the molecule is O=C(O)c1ccc(-c2ccc(F)cc2)cc1C=CCCCc1ccc2cc(O)ccc2c1. The molecule has 0 aliphatic heterocycles. The van der Waals surface area contributed by atoms with Crippen LogP contribution in [0.3, 0.4) is 0 Å². The smallest absolute Gasteiger partial charge is 0.336 e. The van der Waals surface area contributed by atoms with Gasteiger partial charge in [0.15, 0.2) is 0 Å². The molecule has 0 aliphatic rings. The number of rotatable bonds is 7. The highest BCUT2D eigenvalue weighted by Gasteiger charge is 2.10. The van der Waals surface area contributed by atoms with Crippen LogP contribution >= 0.6 is 0 Å². The lowest BCUT2D eigenvalue weighted by molar-refractivity contribution is 0.0696. The number of hydrogen-bond donors (Lipinski definition) is 2. The molecule has 0 atom stereocenters. The number of benzene rings is 4. The van der Waals surface area contributed by atoms with Gasteiger partial charge in [0.05, 0.1) is 5.56 Å². The van der Waals surface area contributed by atoms with E-state index >= 15 is 0 Å². The number of unbranched alkanes of at least 4 members (excludes halogenated alkanes) is 1. The molecule has 2 N–H and O–H groups in total. The van der Waals surface area contributed by atoms with Crippen LogP contribution in [0.4, 0.5) is 4.39 Å². The summed E-state index contributed by atoms with van der Waals surface area (Å²) in [7, 11) is 0. The van der Waals surface area contributed by atoms with Crippen molar-refractivity contribution in [3.8, 4) is 16.9 Å². The zero-order valence-corrected chi connectivity index (χ0v) is 17.5. The van der Waals surface area contributed by atoms with E-state index in [-0.39, 0.29) is 17.1 Å². The Morgan fingerprint density at radius 3 is 2.34 bits per heavy atom. The standard InChI is InChI=1S/C28H23FO3/c29-25-12-8-20(9-13-25)22-11-15-27(28(31)32)24(17-22)5-3-1-2-4-19-6-7-23-18-26(30)14-10-21(23)16-19/h3,5-18,30H,1-2,4H2,(H,31,32). The molecular formula is C28H23FO3. The monoisotopic (exact) mass is 426 g/mol. The lowest BCUT2D eigenvalue weighted by Gasteiger charge is -2.07. The van der Waals surface area contributed by atoms with Crippen LogP contribution in [-0.4, -0.2) is 16.2 Å². The van der Waals surface area contributed by atoms with E-state index in [0.717, 1.165) is 41.2 Å². The molecule has 0 fully saturated rings. The van der Waals surface area contributed by atoms with E-state index in [1.807, 2.05) is 30.4 Å². The molecule has 0 bridgehead atoms. The Morgan fingerprint density at radius 2 is 1.56 bits per heavy atom. The predicted molar refractivity (Wildman–Crippen MR) is 126 cm³/mol. The van der Waals surface area contributed by atoms with Crippen LogP contribution in [0.25, 0.3) is 28.0 Å². The van der Waals surface area contributed by atoms with Crippen LogP contribution in [0.2, 0.25) is 0 Å². The predicted octanol–water partition coefficient (Wildman–Crippen LogP) is 7.09. The van der Waals surface area contributed by atoms with Gasteiger partial charge in [-0.3, -0.25) is 0 Å². The van der Waals surface area contributed by atoms with Gasteiger partial charge in [-0.1, -0.05) is 54.6 Å². The van der Waals surface area contributed by atoms with Gasteiger partial charge in [0.2, 0.25) is 0 Å². The molecule has 4 aromatic carbocycles. The molecule has 3 nitrogen and oxygen atoms in total. The van der Waals surface area contributed by atoms with Crippen LogP contribution in [0.15, 0.2) is 84.9 Å². The lowest BCUT2D eigenvalue weighted by Crippen LogP contribution is -1.99. The van der Waals surface area contributed by atoms with Gasteiger partial charge >= 0.3 is 5.97 Å². The minimum Gasteiger partial charge on any atom is -0.508 e. The fourth-order valence-electron chi connectivity index (χ4n) is 3.79. The zero-order valence-electron chi connectivity index (χ0n) is 17.5. The molecule has 32 heavy (non-hydrogen) atoms. The molecule has 0 saturated heterocycles. The third-order valence-electron chi connectivity index (χ3n) is 5.48. The van der Waals surface area contributed by atoms with Crippen LogP contribution in [0.5, 0.6) is 5.75 Å². The summed E-state index contributed by atoms with van der Waals surface area (Å²) in [5.41, 5.74) is 3.77. The Hall–Kier alpha value is -3.92. The summed E-state index contributed by atoms with van der Waals surface area (Å²) < 4.78 is 13.2. The number of allylic oxidation sites excluding steroid dienone is 1. The minimum atomic E-state index is -0.975. The lowest BCUT2D eigenvalue weighted by atomic mass is 9.98. The highest BCUT2D eigenvalue weighted by Crippen LogP contribution is 2.25. The Morgan fingerprint density at radius 1 is 0.844 bits per heavy atom. The second-order valence-corrected chi connectivity index (χ2v) is 7.77. The molecule has 4 aromatic rings. The number of hydrogen-bond acceptors (Lipinski definition) is 2. The zero-order chi connectivity index (χ0) is 22.5.